The van der Waals surface area contributed by atoms with Gasteiger partial charge in [-0.1, -0.05) is 12.1 Å². The molecule has 1 aliphatic heterocycles. The molecule has 0 fully saturated rings. The third kappa shape index (κ3) is 2.37. The summed E-state index contributed by atoms with van der Waals surface area (Å²) in [6, 6.07) is 8.79. The summed E-state index contributed by atoms with van der Waals surface area (Å²) >= 11 is 0. The lowest BCUT2D eigenvalue weighted by molar-refractivity contribution is 0.173. The molecule has 0 saturated heterocycles. The Bertz CT molecular complexity index is 661. The van der Waals surface area contributed by atoms with Crippen LogP contribution in [0, 0.1) is 6.92 Å². The van der Waals surface area contributed by atoms with Crippen molar-refractivity contribution in [2.75, 3.05) is 7.11 Å². The molecule has 0 unspecified atom stereocenters. The molecular weight excluding hydrogens is 268 g/mol. The van der Waals surface area contributed by atoms with Gasteiger partial charge in [-0.25, -0.2) is 0 Å². The Labute approximate surface area is 123 Å². The van der Waals surface area contributed by atoms with Crippen molar-refractivity contribution >= 4 is 0 Å². The molecule has 1 aliphatic rings. The fourth-order valence-electron chi connectivity index (χ4n) is 2.85. The van der Waals surface area contributed by atoms with E-state index in [9.17, 15) is 10.2 Å². The number of aromatic hydroxyl groups is 2. The van der Waals surface area contributed by atoms with Gasteiger partial charge in [-0.15, -0.1) is 0 Å². The summed E-state index contributed by atoms with van der Waals surface area (Å²) in [5, 5.41) is 19.3. The van der Waals surface area contributed by atoms with Crippen LogP contribution < -0.4 is 9.47 Å². The van der Waals surface area contributed by atoms with Gasteiger partial charge < -0.3 is 19.7 Å². The summed E-state index contributed by atoms with van der Waals surface area (Å²) in [6.07, 6.45) is 1.62. The van der Waals surface area contributed by atoms with Crippen molar-refractivity contribution in [1.29, 1.82) is 0 Å². The van der Waals surface area contributed by atoms with Crippen molar-refractivity contribution in [1.82, 2.24) is 0 Å². The van der Waals surface area contributed by atoms with Crippen LogP contribution >= 0.6 is 0 Å². The minimum atomic E-state index is -0.0500. The Hall–Kier alpha value is -2.36. The maximum Gasteiger partial charge on any atom is 0.167 e. The molecule has 2 aromatic carbocycles. The molecule has 3 rings (SSSR count). The lowest BCUT2D eigenvalue weighted by Crippen LogP contribution is -2.16. The van der Waals surface area contributed by atoms with Gasteiger partial charge in [-0.2, -0.15) is 0 Å². The maximum atomic E-state index is 9.95. The van der Waals surface area contributed by atoms with E-state index in [1.165, 1.54) is 7.11 Å². The molecule has 0 aromatic heterocycles. The van der Waals surface area contributed by atoms with Gasteiger partial charge in [0.15, 0.2) is 11.5 Å². The van der Waals surface area contributed by atoms with Crippen molar-refractivity contribution in [2.45, 2.75) is 25.9 Å². The second-order valence-corrected chi connectivity index (χ2v) is 5.28. The highest BCUT2D eigenvalue weighted by Gasteiger charge is 2.26. The number of benzene rings is 2. The van der Waals surface area contributed by atoms with Crippen LogP contribution in [-0.4, -0.2) is 17.3 Å². The number of phenols is 2. The van der Waals surface area contributed by atoms with Gasteiger partial charge >= 0.3 is 0 Å². The van der Waals surface area contributed by atoms with Crippen molar-refractivity contribution in [3.05, 3.63) is 47.0 Å². The van der Waals surface area contributed by atoms with Gasteiger partial charge in [0.25, 0.3) is 0 Å². The zero-order valence-corrected chi connectivity index (χ0v) is 12.1. The van der Waals surface area contributed by atoms with E-state index in [0.29, 0.717) is 5.75 Å². The topological polar surface area (TPSA) is 58.9 Å². The number of hydrogen-bond donors (Lipinski definition) is 2. The van der Waals surface area contributed by atoms with Crippen LogP contribution in [0.1, 0.15) is 29.2 Å². The molecule has 110 valence electrons. The lowest BCUT2D eigenvalue weighted by Gasteiger charge is -2.28. The first-order chi connectivity index (χ1) is 10.1. The van der Waals surface area contributed by atoms with E-state index >= 15 is 0 Å². The van der Waals surface area contributed by atoms with Gasteiger partial charge in [-0.3, -0.25) is 0 Å². The van der Waals surface area contributed by atoms with E-state index in [-0.39, 0.29) is 17.6 Å². The van der Waals surface area contributed by atoms with Crippen molar-refractivity contribution in [2.24, 2.45) is 0 Å². The summed E-state index contributed by atoms with van der Waals surface area (Å²) in [5.41, 5.74) is 2.85. The van der Waals surface area contributed by atoms with Crippen molar-refractivity contribution < 1.29 is 19.7 Å². The molecule has 0 amide bonds. The monoisotopic (exact) mass is 286 g/mol. The number of ether oxygens (including phenoxy) is 2. The molecule has 1 atom stereocenters. The molecule has 2 N–H and O–H groups in total. The SMILES string of the molecule is COc1c(O)cc2c(c1C)O[C@@H](c1ccc(O)cc1)CC2. The first kappa shape index (κ1) is 13.6. The minimum Gasteiger partial charge on any atom is -0.508 e. The van der Waals surface area contributed by atoms with Gasteiger partial charge in [0.2, 0.25) is 0 Å². The normalized spacial score (nSPS) is 17.0. The summed E-state index contributed by atoms with van der Waals surface area (Å²) < 4.78 is 11.3. The van der Waals surface area contributed by atoms with Crippen molar-refractivity contribution in [3.8, 4) is 23.0 Å². The number of phenolic OH excluding ortho intramolecular Hbond substituents is 2. The highest BCUT2D eigenvalue weighted by molar-refractivity contribution is 5.57. The van der Waals surface area contributed by atoms with Crippen LogP contribution in [0.15, 0.2) is 30.3 Å². The van der Waals surface area contributed by atoms with Crippen LogP contribution in [0.25, 0.3) is 0 Å². The second-order valence-electron chi connectivity index (χ2n) is 5.28. The zero-order valence-electron chi connectivity index (χ0n) is 12.1. The highest BCUT2D eigenvalue weighted by Crippen LogP contribution is 2.44. The van der Waals surface area contributed by atoms with Crippen molar-refractivity contribution in [3.63, 3.8) is 0 Å². The Morgan fingerprint density at radius 3 is 2.57 bits per heavy atom. The Kier molecular flexibility index (Phi) is 3.37. The average molecular weight is 286 g/mol. The Morgan fingerprint density at radius 1 is 1.19 bits per heavy atom. The molecule has 0 aliphatic carbocycles. The van der Waals surface area contributed by atoms with E-state index in [2.05, 4.69) is 0 Å². The van der Waals surface area contributed by atoms with Gasteiger partial charge in [0.05, 0.1) is 7.11 Å². The fourth-order valence-corrected chi connectivity index (χ4v) is 2.85. The number of aryl methyl sites for hydroxylation is 1. The smallest absolute Gasteiger partial charge is 0.167 e. The van der Waals surface area contributed by atoms with Gasteiger partial charge in [0.1, 0.15) is 17.6 Å². The molecule has 0 radical (unpaired) electrons. The van der Waals surface area contributed by atoms with Crippen LogP contribution in [0.3, 0.4) is 0 Å². The summed E-state index contributed by atoms with van der Waals surface area (Å²) in [7, 11) is 1.54. The highest BCUT2D eigenvalue weighted by atomic mass is 16.5. The third-order valence-electron chi connectivity index (χ3n) is 3.92. The van der Waals surface area contributed by atoms with E-state index in [1.54, 1.807) is 18.2 Å². The standard InChI is InChI=1S/C17H18O4/c1-10-16-12(9-14(19)17(10)20-2)5-8-15(21-16)11-3-6-13(18)7-4-11/h3-4,6-7,9,15,18-19H,5,8H2,1-2H3/t15-/m1/s1. The van der Waals surface area contributed by atoms with E-state index < -0.39 is 0 Å². The first-order valence-corrected chi connectivity index (χ1v) is 6.95. The Morgan fingerprint density at radius 2 is 1.90 bits per heavy atom. The zero-order chi connectivity index (χ0) is 15.0. The minimum absolute atomic E-state index is 0.0500. The molecule has 21 heavy (non-hydrogen) atoms. The molecule has 1 heterocycles. The summed E-state index contributed by atoms with van der Waals surface area (Å²) in [6.45, 7) is 1.89. The van der Waals surface area contributed by atoms with Gasteiger partial charge in [0, 0.05) is 5.56 Å². The number of fused-ring (bicyclic) bond motifs is 1. The second kappa shape index (κ2) is 5.20. The number of rotatable bonds is 2. The van der Waals surface area contributed by atoms with Crippen LogP contribution in [0.2, 0.25) is 0 Å². The number of methoxy groups -OCH3 is 1. The maximum absolute atomic E-state index is 9.95. The van der Waals surface area contributed by atoms with E-state index in [1.807, 2.05) is 19.1 Å². The summed E-state index contributed by atoms with van der Waals surface area (Å²) in [4.78, 5) is 0. The fraction of sp³-hybridized carbons (Fsp3) is 0.294. The summed E-state index contributed by atoms with van der Waals surface area (Å²) in [5.74, 6) is 1.65. The average Bonchev–Trinajstić information content (AvgIpc) is 2.48. The Balaban J connectivity index is 1.96. The number of hydrogen-bond acceptors (Lipinski definition) is 4. The van der Waals surface area contributed by atoms with Crippen LogP contribution in [-0.2, 0) is 6.42 Å². The predicted octanol–water partition coefficient (Wildman–Crippen LogP) is 3.48. The predicted molar refractivity (Wildman–Crippen MR) is 79.2 cm³/mol. The molecule has 2 aromatic rings. The van der Waals surface area contributed by atoms with Crippen LogP contribution in [0.4, 0.5) is 0 Å². The van der Waals surface area contributed by atoms with E-state index in [4.69, 9.17) is 9.47 Å². The largest absolute Gasteiger partial charge is 0.508 e. The quantitative estimate of drug-likeness (QED) is 0.887. The molecule has 4 heteroatoms. The van der Waals surface area contributed by atoms with Gasteiger partial charge in [-0.05, 0) is 49.1 Å². The lowest BCUT2D eigenvalue weighted by atomic mass is 9.95. The molecule has 4 nitrogen and oxygen atoms in total. The first-order valence-electron chi connectivity index (χ1n) is 6.95. The molecule has 0 bridgehead atoms. The third-order valence-corrected chi connectivity index (χ3v) is 3.92. The van der Waals surface area contributed by atoms with Crippen LogP contribution in [0.5, 0.6) is 23.0 Å². The van der Waals surface area contributed by atoms with E-state index in [0.717, 1.165) is 35.3 Å². The molecule has 0 saturated carbocycles. The molecular formula is C17H18O4. The molecule has 0 spiro atoms.